The van der Waals surface area contributed by atoms with Gasteiger partial charge in [-0.25, -0.2) is 4.79 Å². The van der Waals surface area contributed by atoms with Gasteiger partial charge in [0.25, 0.3) is 0 Å². The highest BCUT2D eigenvalue weighted by Gasteiger charge is 2.47. The molecule has 8 heteroatoms. The zero-order valence-electron chi connectivity index (χ0n) is 18.7. The number of nitriles is 1. The molecule has 2 amide bonds. The number of hydrogen-bond donors (Lipinski definition) is 3. The molecule has 33 heavy (non-hydrogen) atoms. The van der Waals surface area contributed by atoms with Gasteiger partial charge in [0.05, 0.1) is 24.2 Å². The van der Waals surface area contributed by atoms with Crippen LogP contribution < -0.4 is 20.3 Å². The van der Waals surface area contributed by atoms with Crippen molar-refractivity contribution < 1.29 is 19.4 Å². The second-order valence-corrected chi connectivity index (χ2v) is 8.69. The molecular weight excluding hydrogens is 420 g/mol. The number of nitrogens with one attached hydrogen (secondary N) is 2. The molecule has 0 bridgehead atoms. The summed E-state index contributed by atoms with van der Waals surface area (Å²) in [7, 11) is 0. The highest BCUT2D eigenvalue weighted by atomic mass is 16.5. The lowest BCUT2D eigenvalue weighted by molar-refractivity contribution is -0.117. The van der Waals surface area contributed by atoms with Gasteiger partial charge in [0.15, 0.2) is 0 Å². The number of rotatable bonds is 7. The molecule has 0 aromatic heterocycles. The Kier molecular flexibility index (Phi) is 6.40. The monoisotopic (exact) mass is 448 g/mol. The molecule has 0 radical (unpaired) electrons. The highest BCUT2D eigenvalue weighted by molar-refractivity contribution is 5.94. The molecule has 8 nitrogen and oxygen atoms in total. The largest absolute Gasteiger partial charge is 0.492 e. The fraction of sp³-hybridized carbons (Fsp3) is 0.400. The molecule has 1 aliphatic heterocycles. The third-order valence-electron chi connectivity index (χ3n) is 6.36. The highest BCUT2D eigenvalue weighted by Crippen LogP contribution is 2.50. The van der Waals surface area contributed by atoms with Crippen molar-refractivity contribution in [3.05, 3.63) is 53.6 Å². The minimum absolute atomic E-state index is 0.0218. The molecular formula is C25H28N4O4. The Balaban J connectivity index is 1.62. The first-order valence-electron chi connectivity index (χ1n) is 11.2. The molecule has 2 aliphatic rings. The normalized spacial score (nSPS) is 21.5. The molecule has 2 aromatic carbocycles. The number of anilines is 2. The molecule has 1 fully saturated rings. The van der Waals surface area contributed by atoms with Crippen LogP contribution in [-0.4, -0.2) is 36.3 Å². The third kappa shape index (κ3) is 4.87. The summed E-state index contributed by atoms with van der Waals surface area (Å²) in [5, 5.41) is 24.0. The van der Waals surface area contributed by atoms with E-state index < -0.39 is 6.09 Å². The van der Waals surface area contributed by atoms with Gasteiger partial charge in [-0.3, -0.25) is 4.79 Å². The quantitative estimate of drug-likeness (QED) is 0.549. The van der Waals surface area contributed by atoms with Gasteiger partial charge in [0, 0.05) is 36.3 Å². The Morgan fingerprint density at radius 1 is 1.24 bits per heavy atom. The molecule has 0 unspecified atom stereocenters. The summed E-state index contributed by atoms with van der Waals surface area (Å²) >= 11 is 0. The van der Waals surface area contributed by atoms with E-state index in [4.69, 9.17) is 9.84 Å². The van der Waals surface area contributed by atoms with E-state index in [9.17, 15) is 14.9 Å². The van der Waals surface area contributed by atoms with E-state index in [1.807, 2.05) is 41.3 Å². The maximum absolute atomic E-state index is 12.7. The second-order valence-electron chi connectivity index (χ2n) is 8.69. The van der Waals surface area contributed by atoms with E-state index in [2.05, 4.69) is 23.6 Å². The van der Waals surface area contributed by atoms with Crippen molar-refractivity contribution in [3.8, 4) is 11.8 Å². The van der Waals surface area contributed by atoms with E-state index in [1.165, 1.54) is 0 Å². The fourth-order valence-electron chi connectivity index (χ4n) is 4.82. The van der Waals surface area contributed by atoms with Crippen molar-refractivity contribution in [2.24, 2.45) is 11.8 Å². The summed E-state index contributed by atoms with van der Waals surface area (Å²) in [6.07, 6.45) is 1.15. The Labute approximate surface area is 193 Å². The number of carbonyl (C=O) groups excluding carboxylic acids is 1. The van der Waals surface area contributed by atoms with Gasteiger partial charge in [0.1, 0.15) is 12.4 Å². The maximum atomic E-state index is 12.7. The summed E-state index contributed by atoms with van der Waals surface area (Å²) in [6, 6.07) is 15.3. The number of carboxylic acid groups (broad SMARTS) is 1. The number of benzene rings is 2. The van der Waals surface area contributed by atoms with Crippen molar-refractivity contribution >= 4 is 23.4 Å². The van der Waals surface area contributed by atoms with Crippen molar-refractivity contribution in [1.82, 2.24) is 5.32 Å². The van der Waals surface area contributed by atoms with Crippen LogP contribution in [0, 0.1) is 23.2 Å². The zero-order valence-corrected chi connectivity index (χ0v) is 18.7. The lowest BCUT2D eigenvalue weighted by atomic mass is 9.79. The molecule has 3 atom stereocenters. The summed E-state index contributed by atoms with van der Waals surface area (Å²) in [6.45, 7) is 4.19. The van der Waals surface area contributed by atoms with E-state index in [0.717, 1.165) is 29.8 Å². The van der Waals surface area contributed by atoms with Crippen LogP contribution in [-0.2, 0) is 4.79 Å². The van der Waals surface area contributed by atoms with E-state index in [1.54, 1.807) is 13.0 Å². The lowest BCUT2D eigenvalue weighted by Gasteiger charge is -2.46. The van der Waals surface area contributed by atoms with Crippen LogP contribution in [0.15, 0.2) is 42.5 Å². The van der Waals surface area contributed by atoms with Crippen molar-refractivity contribution in [3.63, 3.8) is 0 Å². The SMILES string of the molecule is CC(=O)N1c2ccc(C#N)cc2[C@H](Nc2cccc(OCCNC(=O)O)c2)[C@@H](C)[C@@H]1C1CC1. The number of fused-ring (bicyclic) bond motifs is 1. The minimum Gasteiger partial charge on any atom is -0.492 e. The topological polar surface area (TPSA) is 115 Å². The van der Waals surface area contributed by atoms with Crippen LogP contribution in [0.25, 0.3) is 0 Å². The van der Waals surface area contributed by atoms with Crippen LogP contribution in [0.3, 0.4) is 0 Å². The van der Waals surface area contributed by atoms with Gasteiger partial charge in [-0.05, 0) is 54.7 Å². The molecule has 1 saturated carbocycles. The smallest absolute Gasteiger partial charge is 0.404 e. The number of carbonyl (C=O) groups is 2. The van der Waals surface area contributed by atoms with Crippen LogP contribution in [0.1, 0.15) is 43.9 Å². The Morgan fingerprint density at radius 2 is 2.03 bits per heavy atom. The average molecular weight is 449 g/mol. The Morgan fingerprint density at radius 3 is 2.70 bits per heavy atom. The van der Waals surface area contributed by atoms with E-state index in [0.29, 0.717) is 17.2 Å². The summed E-state index contributed by atoms with van der Waals surface area (Å²) in [5.41, 5.74) is 3.21. The number of hydrogen-bond acceptors (Lipinski definition) is 5. The van der Waals surface area contributed by atoms with Gasteiger partial charge in [-0.2, -0.15) is 5.26 Å². The second kappa shape index (κ2) is 9.41. The Hall–Kier alpha value is -3.73. The number of nitrogens with zero attached hydrogens (tertiary/aromatic N) is 2. The van der Waals surface area contributed by atoms with Crippen LogP contribution in [0.5, 0.6) is 5.75 Å². The van der Waals surface area contributed by atoms with E-state index in [-0.39, 0.29) is 37.1 Å². The van der Waals surface area contributed by atoms with Gasteiger partial charge >= 0.3 is 6.09 Å². The minimum atomic E-state index is -1.08. The molecule has 3 N–H and O–H groups in total. The van der Waals surface area contributed by atoms with Gasteiger partial charge in [-0.1, -0.05) is 13.0 Å². The zero-order chi connectivity index (χ0) is 23.5. The third-order valence-corrected chi connectivity index (χ3v) is 6.36. The number of ether oxygens (including phenoxy) is 1. The fourth-order valence-corrected chi connectivity index (χ4v) is 4.82. The first-order valence-corrected chi connectivity index (χ1v) is 11.2. The van der Waals surface area contributed by atoms with Crippen LogP contribution >= 0.6 is 0 Å². The number of amides is 2. The molecule has 0 spiro atoms. The van der Waals surface area contributed by atoms with Crippen LogP contribution in [0.2, 0.25) is 0 Å². The van der Waals surface area contributed by atoms with Crippen molar-refractivity contribution in [2.45, 2.75) is 38.8 Å². The van der Waals surface area contributed by atoms with E-state index >= 15 is 0 Å². The first-order chi connectivity index (χ1) is 15.9. The Bertz CT molecular complexity index is 1090. The predicted molar refractivity (Wildman–Crippen MR) is 124 cm³/mol. The van der Waals surface area contributed by atoms with Crippen molar-refractivity contribution in [2.75, 3.05) is 23.4 Å². The molecule has 4 rings (SSSR count). The average Bonchev–Trinajstić information content (AvgIpc) is 3.63. The lowest BCUT2D eigenvalue weighted by Crippen LogP contribution is -2.51. The van der Waals surface area contributed by atoms with Gasteiger partial charge in [0.2, 0.25) is 5.91 Å². The van der Waals surface area contributed by atoms with Crippen LogP contribution in [0.4, 0.5) is 16.2 Å². The summed E-state index contributed by atoms with van der Waals surface area (Å²) in [5.74, 6) is 1.26. The standard InChI is InChI=1S/C25H28N4O4/c1-15-23(28-19-4-3-5-20(13-19)33-11-10-27-25(31)32)21-12-17(14-26)6-9-22(21)29(16(2)30)24(15)18-7-8-18/h3-6,9,12-13,15,18,23-24,27-28H,7-8,10-11H2,1-2H3,(H,31,32)/t15-,23-,24-/m1/s1. The maximum Gasteiger partial charge on any atom is 0.404 e. The summed E-state index contributed by atoms with van der Waals surface area (Å²) in [4.78, 5) is 25.2. The van der Waals surface area contributed by atoms with Gasteiger partial charge in [-0.15, -0.1) is 0 Å². The molecule has 172 valence electrons. The molecule has 1 heterocycles. The van der Waals surface area contributed by atoms with Gasteiger partial charge < -0.3 is 25.4 Å². The predicted octanol–water partition coefficient (Wildman–Crippen LogP) is 4.14. The molecule has 0 saturated heterocycles. The molecule has 2 aromatic rings. The molecule has 1 aliphatic carbocycles. The first kappa shape index (κ1) is 22.5. The summed E-state index contributed by atoms with van der Waals surface area (Å²) < 4.78 is 5.68. The van der Waals surface area contributed by atoms with Crippen molar-refractivity contribution in [1.29, 1.82) is 5.26 Å².